The molecule has 3 amide bonds. The smallest absolute Gasteiger partial charge is 0.321 e. The van der Waals surface area contributed by atoms with Crippen LogP contribution in [0, 0.1) is 0 Å². The number of amides is 3. The number of halogens is 2. The quantitative estimate of drug-likeness (QED) is 0.795. The van der Waals surface area contributed by atoms with Crippen LogP contribution in [-0.2, 0) is 4.79 Å². The van der Waals surface area contributed by atoms with Crippen LogP contribution in [0.15, 0.2) is 22.7 Å². The van der Waals surface area contributed by atoms with Crippen molar-refractivity contribution in [3.05, 3.63) is 27.7 Å². The Kier molecular flexibility index (Phi) is 5.43. The van der Waals surface area contributed by atoms with Crippen molar-refractivity contribution in [3.63, 3.8) is 0 Å². The molecule has 98 valence electrons. The molecule has 1 aromatic rings. The van der Waals surface area contributed by atoms with Gasteiger partial charge in [0, 0.05) is 16.5 Å². The molecule has 0 saturated carbocycles. The van der Waals surface area contributed by atoms with E-state index in [4.69, 9.17) is 11.6 Å². The highest BCUT2D eigenvalue weighted by Gasteiger charge is 2.15. The van der Waals surface area contributed by atoms with Crippen molar-refractivity contribution < 1.29 is 9.59 Å². The molecule has 1 aromatic carbocycles. The molecule has 0 heterocycles. The van der Waals surface area contributed by atoms with Gasteiger partial charge in [-0.25, -0.2) is 4.79 Å². The Balaban J connectivity index is 2.69. The first-order valence-corrected chi connectivity index (χ1v) is 6.35. The number of urea groups is 1. The molecule has 18 heavy (non-hydrogen) atoms. The Bertz CT molecular complexity index is 468. The summed E-state index contributed by atoms with van der Waals surface area (Å²) >= 11 is 9.20. The molecule has 0 spiro atoms. The second kappa shape index (κ2) is 6.61. The molecule has 0 bridgehead atoms. The fraction of sp³-hybridized carbons (Fsp3) is 0.273. The Morgan fingerprint density at radius 1 is 1.39 bits per heavy atom. The molecule has 0 aromatic heterocycles. The Morgan fingerprint density at radius 2 is 2.06 bits per heavy atom. The van der Waals surface area contributed by atoms with Crippen LogP contribution in [0.2, 0.25) is 5.02 Å². The Hall–Kier alpha value is -1.27. The molecule has 1 atom stereocenters. The number of carbonyl (C=O) groups is 2. The Morgan fingerprint density at radius 3 is 2.67 bits per heavy atom. The molecular weight excluding hydrogens is 321 g/mol. The lowest BCUT2D eigenvalue weighted by Gasteiger charge is -2.15. The van der Waals surface area contributed by atoms with E-state index >= 15 is 0 Å². The topological polar surface area (TPSA) is 70.2 Å². The molecule has 7 heteroatoms. The summed E-state index contributed by atoms with van der Waals surface area (Å²) in [5.41, 5.74) is 0.682. The van der Waals surface area contributed by atoms with Crippen molar-refractivity contribution in [2.45, 2.75) is 13.0 Å². The van der Waals surface area contributed by atoms with Crippen LogP contribution >= 0.6 is 27.5 Å². The molecule has 0 radical (unpaired) electrons. The van der Waals surface area contributed by atoms with E-state index in [0.717, 1.165) is 4.47 Å². The molecule has 3 N–H and O–H groups in total. The predicted octanol–water partition coefficient (Wildman–Crippen LogP) is 2.36. The summed E-state index contributed by atoms with van der Waals surface area (Å²) in [4.78, 5) is 22.6. The monoisotopic (exact) mass is 333 g/mol. The maximum atomic E-state index is 11.6. The van der Waals surface area contributed by atoms with Crippen molar-refractivity contribution in [1.29, 1.82) is 0 Å². The SMILES string of the molecule is CNC(=O)NC(=O)C(C)Nc1cc(Cl)ccc1Br. The number of hydrogen-bond acceptors (Lipinski definition) is 3. The highest BCUT2D eigenvalue weighted by molar-refractivity contribution is 9.10. The van der Waals surface area contributed by atoms with Gasteiger partial charge in [0.25, 0.3) is 0 Å². The fourth-order valence-corrected chi connectivity index (χ4v) is 1.72. The first-order chi connectivity index (χ1) is 8.43. The number of anilines is 1. The highest BCUT2D eigenvalue weighted by Crippen LogP contribution is 2.26. The third-order valence-electron chi connectivity index (χ3n) is 2.16. The van der Waals surface area contributed by atoms with Crippen molar-refractivity contribution in [1.82, 2.24) is 10.6 Å². The van der Waals surface area contributed by atoms with E-state index in [1.807, 2.05) is 0 Å². The van der Waals surface area contributed by atoms with Gasteiger partial charge >= 0.3 is 6.03 Å². The minimum absolute atomic E-state index is 0.429. The first-order valence-electron chi connectivity index (χ1n) is 5.18. The zero-order valence-corrected chi connectivity index (χ0v) is 12.2. The number of benzene rings is 1. The lowest BCUT2D eigenvalue weighted by Crippen LogP contribution is -2.44. The van der Waals surface area contributed by atoms with E-state index < -0.39 is 18.0 Å². The second-order valence-electron chi connectivity index (χ2n) is 3.56. The van der Waals surface area contributed by atoms with Crippen LogP contribution in [0.5, 0.6) is 0 Å². The summed E-state index contributed by atoms with van der Waals surface area (Å²) in [6.07, 6.45) is 0. The zero-order chi connectivity index (χ0) is 13.7. The Labute approximate surface area is 118 Å². The van der Waals surface area contributed by atoms with Gasteiger partial charge in [-0.2, -0.15) is 0 Å². The minimum Gasteiger partial charge on any atom is -0.373 e. The van der Waals surface area contributed by atoms with Crippen LogP contribution in [0.25, 0.3) is 0 Å². The largest absolute Gasteiger partial charge is 0.373 e. The number of imide groups is 1. The predicted molar refractivity (Wildman–Crippen MR) is 74.8 cm³/mol. The van der Waals surface area contributed by atoms with Gasteiger partial charge in [0.1, 0.15) is 6.04 Å². The second-order valence-corrected chi connectivity index (χ2v) is 4.85. The number of carbonyl (C=O) groups excluding carboxylic acids is 2. The van der Waals surface area contributed by atoms with Crippen LogP contribution < -0.4 is 16.0 Å². The molecule has 1 unspecified atom stereocenters. The first kappa shape index (κ1) is 14.8. The third-order valence-corrected chi connectivity index (χ3v) is 3.08. The highest BCUT2D eigenvalue weighted by atomic mass is 79.9. The molecule has 0 aliphatic heterocycles. The van der Waals surface area contributed by atoms with Gasteiger partial charge in [-0.15, -0.1) is 0 Å². The van der Waals surface area contributed by atoms with E-state index in [1.165, 1.54) is 7.05 Å². The maximum Gasteiger partial charge on any atom is 0.321 e. The van der Waals surface area contributed by atoms with E-state index in [1.54, 1.807) is 25.1 Å². The van der Waals surface area contributed by atoms with Crippen LogP contribution in [-0.4, -0.2) is 25.0 Å². The van der Waals surface area contributed by atoms with Gasteiger partial charge in [0.2, 0.25) is 5.91 Å². The summed E-state index contributed by atoms with van der Waals surface area (Å²) in [5, 5.41) is 8.00. The van der Waals surface area contributed by atoms with E-state index in [9.17, 15) is 9.59 Å². The summed E-state index contributed by atoms with van der Waals surface area (Å²) in [7, 11) is 1.44. The third kappa shape index (κ3) is 4.19. The average molecular weight is 335 g/mol. The van der Waals surface area contributed by atoms with E-state index in [2.05, 4.69) is 31.9 Å². The van der Waals surface area contributed by atoms with Gasteiger partial charge in [0.15, 0.2) is 0 Å². The number of nitrogens with one attached hydrogen (secondary N) is 3. The molecule has 0 aliphatic carbocycles. The lowest BCUT2D eigenvalue weighted by atomic mass is 10.2. The molecule has 0 saturated heterocycles. The minimum atomic E-state index is -0.572. The van der Waals surface area contributed by atoms with Gasteiger partial charge in [-0.05, 0) is 41.1 Å². The molecule has 5 nitrogen and oxygen atoms in total. The normalized spacial score (nSPS) is 11.6. The summed E-state index contributed by atoms with van der Waals surface area (Å²) in [6.45, 7) is 1.64. The number of hydrogen-bond donors (Lipinski definition) is 3. The van der Waals surface area contributed by atoms with E-state index in [0.29, 0.717) is 10.7 Å². The molecule has 0 aliphatic rings. The van der Waals surface area contributed by atoms with Crippen LogP contribution in [0.4, 0.5) is 10.5 Å². The standard InChI is InChI=1S/C11H13BrClN3O2/c1-6(10(17)16-11(18)14-2)15-9-5-7(13)3-4-8(9)12/h3-6,15H,1-2H3,(H2,14,16,17,18). The van der Waals surface area contributed by atoms with Crippen LogP contribution in [0.1, 0.15) is 6.92 Å². The lowest BCUT2D eigenvalue weighted by molar-refractivity contribution is -0.120. The maximum absolute atomic E-state index is 11.6. The summed E-state index contributed by atoms with van der Waals surface area (Å²) in [5.74, 6) is -0.429. The fourth-order valence-electron chi connectivity index (χ4n) is 1.19. The summed E-state index contributed by atoms with van der Waals surface area (Å²) < 4.78 is 0.784. The zero-order valence-electron chi connectivity index (χ0n) is 9.88. The molecule has 0 fully saturated rings. The van der Waals surface area contributed by atoms with Crippen molar-refractivity contribution in [2.75, 3.05) is 12.4 Å². The summed E-state index contributed by atoms with van der Waals surface area (Å²) in [6, 6.07) is 4.07. The number of rotatable bonds is 3. The van der Waals surface area contributed by atoms with Gasteiger partial charge in [-0.3, -0.25) is 10.1 Å². The van der Waals surface area contributed by atoms with Crippen LogP contribution in [0.3, 0.4) is 0 Å². The van der Waals surface area contributed by atoms with Gasteiger partial charge in [-0.1, -0.05) is 11.6 Å². The van der Waals surface area contributed by atoms with Crippen molar-refractivity contribution in [3.8, 4) is 0 Å². The van der Waals surface area contributed by atoms with E-state index in [-0.39, 0.29) is 0 Å². The van der Waals surface area contributed by atoms with Gasteiger partial charge in [0.05, 0.1) is 5.69 Å². The van der Waals surface area contributed by atoms with Gasteiger partial charge < -0.3 is 10.6 Å². The average Bonchev–Trinajstić information content (AvgIpc) is 2.33. The van der Waals surface area contributed by atoms with Crippen molar-refractivity contribution in [2.24, 2.45) is 0 Å². The van der Waals surface area contributed by atoms with Crippen molar-refractivity contribution >= 4 is 45.2 Å². The molecule has 1 rings (SSSR count). The molecular formula is C11H13BrClN3O2.